The van der Waals surface area contributed by atoms with E-state index in [1.807, 2.05) is 6.92 Å². The molecule has 41 heavy (non-hydrogen) atoms. The number of benzene rings is 3. The van der Waals surface area contributed by atoms with Gasteiger partial charge in [-0.1, -0.05) is 90.3 Å². The third kappa shape index (κ3) is 9.91. The summed E-state index contributed by atoms with van der Waals surface area (Å²) in [6, 6.07) is 19.4. The van der Waals surface area contributed by atoms with Gasteiger partial charge in [0.15, 0.2) is 0 Å². The minimum absolute atomic E-state index is 0.0101. The number of ether oxygens (including phenoxy) is 2. The summed E-state index contributed by atoms with van der Waals surface area (Å²) in [5, 5.41) is 15.8. The molecule has 4 N–H and O–H groups in total. The fourth-order valence-corrected chi connectivity index (χ4v) is 4.65. The molecule has 0 radical (unpaired) electrons. The number of nitrogens with one attached hydrogen (secondary N) is 2. The van der Waals surface area contributed by atoms with Crippen LogP contribution < -0.4 is 15.2 Å². The molecular weight excluding hydrogens is 615 g/mol. The SMILES string of the molecule is CCCN(Cc1cccc(C(=N)NC(=O)OCC(Cl)(Cl)Cl)c1)C(=O)Oc1ccc(-c2ccccc2S(N)(=O)=O)cc1. The van der Waals surface area contributed by atoms with Crippen molar-refractivity contribution in [2.24, 2.45) is 5.14 Å². The molecule has 10 nitrogen and oxygen atoms in total. The first kappa shape index (κ1) is 32.2. The van der Waals surface area contributed by atoms with Gasteiger partial charge in [-0.15, -0.1) is 0 Å². The Bertz CT molecular complexity index is 1510. The molecule has 0 heterocycles. The van der Waals surface area contributed by atoms with Gasteiger partial charge in [-0.25, -0.2) is 23.1 Å². The van der Waals surface area contributed by atoms with Crippen molar-refractivity contribution in [3.05, 3.63) is 83.9 Å². The topological polar surface area (TPSA) is 152 Å². The fraction of sp³-hybridized carbons (Fsp3) is 0.222. The number of carbonyl (C=O) groups is 2. The smallest absolute Gasteiger partial charge is 0.415 e. The van der Waals surface area contributed by atoms with Crippen LogP contribution in [-0.2, 0) is 21.3 Å². The average molecular weight is 642 g/mol. The molecule has 3 aromatic rings. The van der Waals surface area contributed by atoms with Gasteiger partial charge in [0.25, 0.3) is 0 Å². The lowest BCUT2D eigenvalue weighted by molar-refractivity contribution is 0.149. The number of hydrogen-bond donors (Lipinski definition) is 3. The fourth-order valence-electron chi connectivity index (χ4n) is 3.73. The van der Waals surface area contributed by atoms with Gasteiger partial charge in [-0.2, -0.15) is 0 Å². The van der Waals surface area contributed by atoms with Crippen LogP contribution in [0.1, 0.15) is 24.5 Å². The van der Waals surface area contributed by atoms with Crippen molar-refractivity contribution >= 4 is 62.8 Å². The number of carbonyl (C=O) groups excluding carboxylic acids is 2. The van der Waals surface area contributed by atoms with Crippen LogP contribution in [0.15, 0.2) is 77.7 Å². The zero-order chi connectivity index (χ0) is 30.2. The molecule has 218 valence electrons. The Morgan fingerprint density at radius 1 is 1.02 bits per heavy atom. The van der Waals surface area contributed by atoms with E-state index in [2.05, 4.69) is 5.32 Å². The van der Waals surface area contributed by atoms with Crippen molar-refractivity contribution in [3.63, 3.8) is 0 Å². The third-order valence-electron chi connectivity index (χ3n) is 5.50. The Morgan fingerprint density at radius 3 is 2.34 bits per heavy atom. The quantitative estimate of drug-likeness (QED) is 0.152. The summed E-state index contributed by atoms with van der Waals surface area (Å²) in [5.41, 5.74) is 2.07. The number of amidine groups is 1. The second kappa shape index (κ2) is 14.0. The molecule has 14 heteroatoms. The maximum atomic E-state index is 13.0. The van der Waals surface area contributed by atoms with Crippen LogP contribution in [-0.4, -0.2) is 48.3 Å². The van der Waals surface area contributed by atoms with Gasteiger partial charge in [0, 0.05) is 24.2 Å². The third-order valence-corrected chi connectivity index (χ3v) is 6.80. The number of amides is 2. The molecule has 0 saturated carbocycles. The molecule has 0 aliphatic heterocycles. The Balaban J connectivity index is 1.68. The Morgan fingerprint density at radius 2 is 1.71 bits per heavy atom. The number of halogens is 3. The molecule has 0 saturated heterocycles. The average Bonchev–Trinajstić information content (AvgIpc) is 2.91. The predicted molar refractivity (Wildman–Crippen MR) is 158 cm³/mol. The predicted octanol–water partition coefficient (Wildman–Crippen LogP) is 5.83. The van der Waals surface area contributed by atoms with Gasteiger partial charge < -0.3 is 14.4 Å². The highest BCUT2D eigenvalue weighted by Crippen LogP contribution is 2.28. The summed E-state index contributed by atoms with van der Waals surface area (Å²) in [7, 11) is -3.93. The molecule has 0 bridgehead atoms. The number of nitrogens with zero attached hydrogens (tertiary/aromatic N) is 1. The van der Waals surface area contributed by atoms with E-state index in [9.17, 15) is 18.0 Å². The van der Waals surface area contributed by atoms with E-state index in [1.54, 1.807) is 66.7 Å². The Kier molecular flexibility index (Phi) is 11.0. The van der Waals surface area contributed by atoms with Crippen LogP contribution in [0.4, 0.5) is 9.59 Å². The summed E-state index contributed by atoms with van der Waals surface area (Å²) in [6.07, 6.45) is -0.898. The van der Waals surface area contributed by atoms with Crippen molar-refractivity contribution in [2.45, 2.75) is 28.6 Å². The molecule has 0 aromatic heterocycles. The molecule has 0 aliphatic carbocycles. The van der Waals surface area contributed by atoms with Gasteiger partial charge in [0.1, 0.15) is 18.2 Å². The molecule has 3 rings (SSSR count). The molecule has 2 amide bonds. The van der Waals surface area contributed by atoms with Crippen LogP contribution >= 0.6 is 34.8 Å². The molecule has 0 unspecified atom stereocenters. The molecule has 0 fully saturated rings. The zero-order valence-electron chi connectivity index (χ0n) is 21.8. The Labute approximate surface area is 252 Å². The lowest BCUT2D eigenvalue weighted by Crippen LogP contribution is -2.34. The minimum Gasteiger partial charge on any atom is -0.445 e. The highest BCUT2D eigenvalue weighted by molar-refractivity contribution is 7.89. The highest BCUT2D eigenvalue weighted by atomic mass is 35.6. The number of alkyl carbamates (subject to hydrolysis) is 1. The molecule has 0 spiro atoms. The van der Waals surface area contributed by atoms with E-state index in [4.69, 9.17) is 54.8 Å². The first-order valence-corrected chi connectivity index (χ1v) is 14.8. The maximum absolute atomic E-state index is 13.0. The van der Waals surface area contributed by atoms with Crippen molar-refractivity contribution in [1.82, 2.24) is 10.2 Å². The largest absolute Gasteiger partial charge is 0.445 e. The van der Waals surface area contributed by atoms with E-state index >= 15 is 0 Å². The van der Waals surface area contributed by atoms with Crippen LogP contribution in [0.3, 0.4) is 0 Å². The highest BCUT2D eigenvalue weighted by Gasteiger charge is 2.23. The normalized spacial score (nSPS) is 11.4. The van der Waals surface area contributed by atoms with E-state index in [1.165, 1.54) is 11.0 Å². The summed E-state index contributed by atoms with van der Waals surface area (Å²) in [6.45, 7) is 1.99. The maximum Gasteiger partial charge on any atom is 0.415 e. The second-order valence-corrected chi connectivity index (χ2v) is 12.8. The number of primary sulfonamides is 1. The lowest BCUT2D eigenvalue weighted by Gasteiger charge is -2.22. The van der Waals surface area contributed by atoms with Crippen molar-refractivity contribution in [3.8, 4) is 16.9 Å². The van der Waals surface area contributed by atoms with Gasteiger partial charge in [0.05, 0.1) is 4.90 Å². The molecule has 3 aromatic carbocycles. The monoisotopic (exact) mass is 640 g/mol. The van der Waals surface area contributed by atoms with Gasteiger partial charge in [-0.3, -0.25) is 10.7 Å². The van der Waals surface area contributed by atoms with E-state index in [0.717, 1.165) is 0 Å². The van der Waals surface area contributed by atoms with Crippen molar-refractivity contribution in [1.29, 1.82) is 5.41 Å². The van der Waals surface area contributed by atoms with Crippen molar-refractivity contribution in [2.75, 3.05) is 13.2 Å². The first-order chi connectivity index (χ1) is 19.3. The number of alkyl halides is 3. The summed E-state index contributed by atoms with van der Waals surface area (Å²) in [4.78, 5) is 26.4. The van der Waals surface area contributed by atoms with E-state index in [-0.39, 0.29) is 23.0 Å². The van der Waals surface area contributed by atoms with E-state index < -0.39 is 32.6 Å². The number of rotatable bonds is 9. The molecular formula is C27H27Cl3N4O6S. The van der Waals surface area contributed by atoms with Gasteiger partial charge in [0.2, 0.25) is 13.8 Å². The Hall–Kier alpha value is -3.35. The molecule has 0 aliphatic rings. The number of hydrogen-bond acceptors (Lipinski definition) is 7. The molecule has 0 atom stereocenters. The standard InChI is InChI=1S/C27H27Cl3N4O6S/c1-2-14-34(16-18-6-5-7-20(15-18)24(31)33-25(35)39-17-27(28,29)30)26(36)40-21-12-10-19(11-13-21)22-8-3-4-9-23(22)41(32,37)38/h3-13,15H,2,14,16-17H2,1H3,(H2,31,33,35)(H2,32,37,38). The number of nitrogens with two attached hydrogens (primary N) is 1. The first-order valence-electron chi connectivity index (χ1n) is 12.1. The number of sulfonamides is 1. The van der Waals surface area contributed by atoms with Crippen LogP contribution in [0.25, 0.3) is 11.1 Å². The van der Waals surface area contributed by atoms with Crippen molar-refractivity contribution < 1.29 is 27.5 Å². The second-order valence-electron chi connectivity index (χ2n) is 8.75. The lowest BCUT2D eigenvalue weighted by atomic mass is 10.1. The summed E-state index contributed by atoms with van der Waals surface area (Å²) in [5.74, 6) is 0.0240. The van der Waals surface area contributed by atoms with Crippen LogP contribution in [0.5, 0.6) is 5.75 Å². The van der Waals surface area contributed by atoms with Gasteiger partial charge >= 0.3 is 12.2 Å². The minimum atomic E-state index is -3.93. The summed E-state index contributed by atoms with van der Waals surface area (Å²) >= 11 is 16.7. The van der Waals surface area contributed by atoms with E-state index in [0.29, 0.717) is 35.2 Å². The van der Waals surface area contributed by atoms with Gasteiger partial charge in [-0.05, 0) is 41.8 Å². The zero-order valence-corrected chi connectivity index (χ0v) is 24.9. The van der Waals surface area contributed by atoms with Crippen LogP contribution in [0, 0.1) is 5.41 Å². The van der Waals surface area contributed by atoms with Crippen LogP contribution in [0.2, 0.25) is 0 Å². The summed E-state index contributed by atoms with van der Waals surface area (Å²) < 4.78 is 32.5.